The van der Waals surface area contributed by atoms with Crippen LogP contribution in [0.25, 0.3) is 0 Å². The minimum absolute atomic E-state index is 0.363. The number of rotatable bonds is 12. The third-order valence-electron chi connectivity index (χ3n) is 3.03. The van der Waals surface area contributed by atoms with Gasteiger partial charge in [0.25, 0.3) is 0 Å². The molecule has 0 heterocycles. The number of unbranched alkanes of at least 4 members (excludes halogenated alkanes) is 6. The number of halogens is 1. The van der Waals surface area contributed by atoms with Gasteiger partial charge in [0.2, 0.25) is 0 Å². The van der Waals surface area contributed by atoms with E-state index in [1.807, 2.05) is 0 Å². The largest absolute Gasteiger partial charge is 0.317 e. The van der Waals surface area contributed by atoms with Crippen LogP contribution in [-0.2, 0) is 0 Å². The van der Waals surface area contributed by atoms with Gasteiger partial charge >= 0.3 is 0 Å². The monoisotopic (exact) mass is 247 g/mol. The van der Waals surface area contributed by atoms with Crippen LogP contribution in [0.5, 0.6) is 0 Å². The molecule has 0 aliphatic heterocycles. The molecule has 0 rings (SSSR count). The maximum absolute atomic E-state index is 6.04. The van der Waals surface area contributed by atoms with Crippen molar-refractivity contribution in [2.45, 2.75) is 77.0 Å². The van der Waals surface area contributed by atoms with Crippen molar-refractivity contribution in [2.24, 2.45) is 0 Å². The van der Waals surface area contributed by atoms with E-state index in [2.05, 4.69) is 19.2 Å². The molecule has 98 valence electrons. The van der Waals surface area contributed by atoms with Gasteiger partial charge in [0.15, 0.2) is 0 Å². The first kappa shape index (κ1) is 16.2. The summed E-state index contributed by atoms with van der Waals surface area (Å²) in [5.41, 5.74) is 0. The lowest BCUT2D eigenvalue weighted by Crippen LogP contribution is -2.19. The Morgan fingerprint density at radius 1 is 0.875 bits per heavy atom. The molecule has 1 nitrogen and oxygen atoms in total. The smallest absolute Gasteiger partial charge is 0.0345 e. The Kier molecular flexibility index (Phi) is 13.5. The molecule has 16 heavy (non-hydrogen) atoms. The van der Waals surface area contributed by atoms with Gasteiger partial charge in [-0.25, -0.2) is 0 Å². The predicted molar refractivity (Wildman–Crippen MR) is 75.4 cm³/mol. The molecule has 0 aliphatic rings. The van der Waals surface area contributed by atoms with Crippen molar-refractivity contribution in [3.63, 3.8) is 0 Å². The number of hydrogen-bond acceptors (Lipinski definition) is 1. The van der Waals surface area contributed by atoms with Gasteiger partial charge in [-0.15, -0.1) is 11.6 Å². The molecule has 0 fully saturated rings. The average Bonchev–Trinajstić information content (AvgIpc) is 2.31. The molecule has 0 aromatic rings. The molecule has 0 bridgehead atoms. The highest BCUT2D eigenvalue weighted by Crippen LogP contribution is 2.07. The molecule has 1 atom stereocenters. The van der Waals surface area contributed by atoms with E-state index in [-0.39, 0.29) is 0 Å². The summed E-state index contributed by atoms with van der Waals surface area (Å²) in [6, 6.07) is 0. The normalized spacial score (nSPS) is 12.9. The Balaban J connectivity index is 2.93. The lowest BCUT2D eigenvalue weighted by molar-refractivity contribution is 0.552. The van der Waals surface area contributed by atoms with E-state index < -0.39 is 0 Å². The van der Waals surface area contributed by atoms with E-state index in [1.54, 1.807) is 0 Å². The highest BCUT2D eigenvalue weighted by molar-refractivity contribution is 6.20. The molecule has 1 N–H and O–H groups in total. The van der Waals surface area contributed by atoms with Crippen molar-refractivity contribution in [2.75, 3.05) is 13.1 Å². The minimum Gasteiger partial charge on any atom is -0.317 e. The van der Waals surface area contributed by atoms with Crippen LogP contribution in [0.3, 0.4) is 0 Å². The van der Waals surface area contributed by atoms with Crippen LogP contribution in [-0.4, -0.2) is 18.5 Å². The number of nitrogens with one attached hydrogen (secondary N) is 1. The maximum Gasteiger partial charge on any atom is 0.0345 e. The Morgan fingerprint density at radius 2 is 1.50 bits per heavy atom. The third-order valence-corrected chi connectivity index (χ3v) is 3.56. The summed E-state index contributed by atoms with van der Waals surface area (Å²) in [7, 11) is 0. The zero-order valence-corrected chi connectivity index (χ0v) is 12.0. The van der Waals surface area contributed by atoms with Gasteiger partial charge in [0, 0.05) is 5.38 Å². The maximum atomic E-state index is 6.04. The SMILES string of the molecule is CCCCCCCCCNCCC(Cl)CC. The van der Waals surface area contributed by atoms with Crippen LogP contribution in [0.15, 0.2) is 0 Å². The van der Waals surface area contributed by atoms with Gasteiger partial charge in [-0.3, -0.25) is 0 Å². The van der Waals surface area contributed by atoms with Crippen molar-refractivity contribution in [3.05, 3.63) is 0 Å². The van der Waals surface area contributed by atoms with E-state index in [9.17, 15) is 0 Å². The van der Waals surface area contributed by atoms with Crippen LogP contribution in [0.1, 0.15) is 71.6 Å². The van der Waals surface area contributed by atoms with Crippen LogP contribution >= 0.6 is 11.6 Å². The second-order valence-corrected chi connectivity index (χ2v) is 5.28. The van der Waals surface area contributed by atoms with Gasteiger partial charge in [-0.2, -0.15) is 0 Å². The summed E-state index contributed by atoms with van der Waals surface area (Å²) in [5, 5.41) is 3.83. The highest BCUT2D eigenvalue weighted by Gasteiger charge is 1.99. The van der Waals surface area contributed by atoms with E-state index in [1.165, 1.54) is 51.5 Å². The van der Waals surface area contributed by atoms with E-state index in [0.29, 0.717) is 5.38 Å². The van der Waals surface area contributed by atoms with Crippen molar-refractivity contribution in [1.29, 1.82) is 0 Å². The quantitative estimate of drug-likeness (QED) is 0.388. The molecule has 0 saturated heterocycles. The van der Waals surface area contributed by atoms with Gasteiger partial charge in [0.05, 0.1) is 0 Å². The molecule has 0 radical (unpaired) electrons. The number of hydrogen-bond donors (Lipinski definition) is 1. The summed E-state index contributed by atoms with van der Waals surface area (Å²) in [6.07, 6.45) is 11.9. The van der Waals surface area contributed by atoms with Crippen molar-refractivity contribution in [3.8, 4) is 0 Å². The molecule has 0 spiro atoms. The van der Waals surface area contributed by atoms with Gasteiger partial charge in [0.1, 0.15) is 0 Å². The van der Waals surface area contributed by atoms with Gasteiger partial charge in [-0.1, -0.05) is 52.4 Å². The Labute approximate surface area is 107 Å². The summed E-state index contributed by atoms with van der Waals surface area (Å²) in [4.78, 5) is 0. The summed E-state index contributed by atoms with van der Waals surface area (Å²) in [5.74, 6) is 0. The van der Waals surface area contributed by atoms with Crippen LogP contribution in [0, 0.1) is 0 Å². The average molecular weight is 248 g/mol. The first-order valence-corrected chi connectivity index (χ1v) is 7.59. The first-order valence-electron chi connectivity index (χ1n) is 7.16. The molecular formula is C14H30ClN. The van der Waals surface area contributed by atoms with Crippen molar-refractivity contribution in [1.82, 2.24) is 5.32 Å². The fourth-order valence-electron chi connectivity index (χ4n) is 1.79. The molecule has 2 heteroatoms. The first-order chi connectivity index (χ1) is 7.81. The summed E-state index contributed by atoms with van der Waals surface area (Å²) in [6.45, 7) is 6.66. The van der Waals surface area contributed by atoms with E-state index >= 15 is 0 Å². The molecule has 1 unspecified atom stereocenters. The second-order valence-electron chi connectivity index (χ2n) is 4.67. The zero-order valence-electron chi connectivity index (χ0n) is 11.2. The lowest BCUT2D eigenvalue weighted by Gasteiger charge is -2.07. The Hall–Kier alpha value is 0.250. The fourth-order valence-corrected chi connectivity index (χ4v) is 1.90. The van der Waals surface area contributed by atoms with Crippen molar-refractivity contribution >= 4 is 11.6 Å². The summed E-state index contributed by atoms with van der Waals surface area (Å²) >= 11 is 6.04. The number of alkyl halides is 1. The Bertz CT molecular complexity index is 128. The molecule has 0 saturated carbocycles. The summed E-state index contributed by atoms with van der Waals surface area (Å²) < 4.78 is 0. The fraction of sp³-hybridized carbons (Fsp3) is 1.00. The molecule has 0 amide bonds. The second kappa shape index (κ2) is 13.3. The third kappa shape index (κ3) is 12.3. The highest BCUT2D eigenvalue weighted by atomic mass is 35.5. The molecule has 0 aromatic heterocycles. The van der Waals surface area contributed by atoms with Crippen LogP contribution in [0.2, 0.25) is 0 Å². The van der Waals surface area contributed by atoms with Crippen molar-refractivity contribution < 1.29 is 0 Å². The van der Waals surface area contributed by atoms with Gasteiger partial charge < -0.3 is 5.32 Å². The van der Waals surface area contributed by atoms with E-state index in [0.717, 1.165) is 19.4 Å². The van der Waals surface area contributed by atoms with E-state index in [4.69, 9.17) is 11.6 Å². The van der Waals surface area contributed by atoms with Crippen LogP contribution in [0.4, 0.5) is 0 Å². The minimum atomic E-state index is 0.363. The molecule has 0 aromatic carbocycles. The lowest BCUT2D eigenvalue weighted by atomic mass is 10.1. The molecular weight excluding hydrogens is 218 g/mol. The zero-order chi connectivity index (χ0) is 12.1. The van der Waals surface area contributed by atoms with Gasteiger partial charge in [-0.05, 0) is 32.4 Å². The van der Waals surface area contributed by atoms with Crippen LogP contribution < -0.4 is 5.32 Å². The topological polar surface area (TPSA) is 12.0 Å². The Morgan fingerprint density at radius 3 is 2.12 bits per heavy atom. The predicted octanol–water partition coefficient (Wildman–Crippen LogP) is 4.73. The standard InChI is InChI=1S/C14H30ClN/c1-3-5-6-7-8-9-10-12-16-13-11-14(15)4-2/h14,16H,3-13H2,1-2H3. The molecule has 0 aliphatic carbocycles.